The maximum atomic E-state index is 12.5. The van der Waals surface area contributed by atoms with Crippen molar-refractivity contribution < 1.29 is 4.79 Å². The summed E-state index contributed by atoms with van der Waals surface area (Å²) in [5, 5.41) is 2.87. The molecule has 0 saturated carbocycles. The Labute approximate surface area is 140 Å². The predicted octanol–water partition coefficient (Wildman–Crippen LogP) is 1.17. The summed E-state index contributed by atoms with van der Waals surface area (Å²) in [6.07, 6.45) is 7.07. The number of likely N-dealkylation sites (tertiary alicyclic amines) is 2. The molecule has 0 spiro atoms. The number of nitrogens with one attached hydrogen (secondary N) is 1. The van der Waals surface area contributed by atoms with E-state index in [9.17, 15) is 9.59 Å². The van der Waals surface area contributed by atoms with Gasteiger partial charge in [0.15, 0.2) is 5.65 Å². The van der Waals surface area contributed by atoms with Crippen LogP contribution in [0.25, 0.3) is 5.65 Å². The van der Waals surface area contributed by atoms with Gasteiger partial charge in [-0.1, -0.05) is 6.42 Å². The Morgan fingerprint density at radius 1 is 1.21 bits per heavy atom. The molecule has 7 heteroatoms. The molecule has 2 aliphatic rings. The largest absolute Gasteiger partial charge is 0.342 e. The fraction of sp³-hybridized carbons (Fsp3) is 0.588. The number of hydrogen-bond donors (Lipinski definition) is 1. The van der Waals surface area contributed by atoms with E-state index in [0.29, 0.717) is 12.2 Å². The standard InChI is InChI=1S/C17H23N5O2/c23-16-11-13(19-15-6-7-18-22(15)16)14-5-1-2-10-21(14)12-17(24)20-8-3-4-9-20/h6-7,11,14,18H,1-5,8-10,12H2. The molecule has 1 amide bonds. The molecule has 0 radical (unpaired) electrons. The van der Waals surface area contributed by atoms with Gasteiger partial charge >= 0.3 is 0 Å². The average Bonchev–Trinajstić information content (AvgIpc) is 3.27. The number of carbonyl (C=O) groups is 1. The van der Waals surface area contributed by atoms with E-state index >= 15 is 0 Å². The van der Waals surface area contributed by atoms with Crippen LogP contribution < -0.4 is 5.56 Å². The minimum atomic E-state index is -0.101. The smallest absolute Gasteiger partial charge is 0.272 e. The van der Waals surface area contributed by atoms with E-state index in [1.165, 1.54) is 4.52 Å². The van der Waals surface area contributed by atoms with E-state index in [-0.39, 0.29) is 17.5 Å². The summed E-state index contributed by atoms with van der Waals surface area (Å²) in [4.78, 5) is 33.6. The Morgan fingerprint density at radius 2 is 2.00 bits per heavy atom. The number of carbonyl (C=O) groups excluding carboxylic acids is 1. The summed E-state index contributed by atoms with van der Waals surface area (Å²) in [7, 11) is 0. The van der Waals surface area contributed by atoms with Crippen LogP contribution in [0, 0.1) is 0 Å². The molecule has 0 aromatic carbocycles. The maximum absolute atomic E-state index is 12.5. The van der Waals surface area contributed by atoms with Gasteiger partial charge in [0.05, 0.1) is 18.3 Å². The molecule has 1 atom stereocenters. The molecule has 7 nitrogen and oxygen atoms in total. The summed E-state index contributed by atoms with van der Waals surface area (Å²) in [5.41, 5.74) is 1.32. The molecule has 1 unspecified atom stereocenters. The van der Waals surface area contributed by atoms with Gasteiger partial charge in [-0.3, -0.25) is 19.6 Å². The van der Waals surface area contributed by atoms with E-state index in [1.807, 2.05) is 4.90 Å². The van der Waals surface area contributed by atoms with Crippen molar-refractivity contribution in [2.45, 2.75) is 38.1 Å². The van der Waals surface area contributed by atoms with Gasteiger partial charge < -0.3 is 4.90 Å². The highest BCUT2D eigenvalue weighted by Gasteiger charge is 2.29. The van der Waals surface area contributed by atoms with E-state index in [0.717, 1.165) is 57.4 Å². The first-order valence-corrected chi connectivity index (χ1v) is 8.81. The van der Waals surface area contributed by atoms with Gasteiger partial charge in [-0.2, -0.15) is 0 Å². The number of amides is 1. The molecule has 24 heavy (non-hydrogen) atoms. The predicted molar refractivity (Wildman–Crippen MR) is 89.8 cm³/mol. The number of fused-ring (bicyclic) bond motifs is 1. The molecule has 4 rings (SSSR count). The quantitative estimate of drug-likeness (QED) is 0.917. The molecular weight excluding hydrogens is 306 g/mol. The second kappa shape index (κ2) is 6.39. The molecule has 2 fully saturated rings. The van der Waals surface area contributed by atoms with Gasteiger partial charge in [0.25, 0.3) is 5.56 Å². The fourth-order valence-corrected chi connectivity index (χ4v) is 3.87. The zero-order valence-electron chi connectivity index (χ0n) is 13.8. The van der Waals surface area contributed by atoms with Gasteiger partial charge in [-0.25, -0.2) is 9.50 Å². The van der Waals surface area contributed by atoms with Crippen LogP contribution in [-0.2, 0) is 4.79 Å². The summed E-state index contributed by atoms with van der Waals surface area (Å²) in [6, 6.07) is 3.46. The van der Waals surface area contributed by atoms with Crippen molar-refractivity contribution in [1.82, 2.24) is 24.4 Å². The van der Waals surface area contributed by atoms with E-state index in [2.05, 4.69) is 15.0 Å². The van der Waals surface area contributed by atoms with Crippen LogP contribution in [0.1, 0.15) is 43.8 Å². The topological polar surface area (TPSA) is 73.7 Å². The number of rotatable bonds is 3. The molecule has 0 aliphatic carbocycles. The summed E-state index contributed by atoms with van der Waals surface area (Å²) < 4.78 is 1.44. The third-order valence-electron chi connectivity index (χ3n) is 5.15. The van der Waals surface area contributed by atoms with Gasteiger partial charge in [-0.05, 0) is 32.2 Å². The molecule has 2 aliphatic heterocycles. The summed E-state index contributed by atoms with van der Waals surface area (Å²) >= 11 is 0. The highest BCUT2D eigenvalue weighted by atomic mass is 16.2. The third kappa shape index (κ3) is 2.84. The average molecular weight is 329 g/mol. The van der Waals surface area contributed by atoms with E-state index < -0.39 is 0 Å². The van der Waals surface area contributed by atoms with Crippen LogP contribution in [0.15, 0.2) is 23.1 Å². The van der Waals surface area contributed by atoms with Crippen LogP contribution in [-0.4, -0.2) is 56.5 Å². The number of aromatic amines is 1. The lowest BCUT2D eigenvalue weighted by molar-refractivity contribution is -0.132. The van der Waals surface area contributed by atoms with Crippen molar-refractivity contribution in [3.63, 3.8) is 0 Å². The van der Waals surface area contributed by atoms with Gasteiger partial charge in [0.1, 0.15) is 0 Å². The van der Waals surface area contributed by atoms with Crippen LogP contribution in [0.4, 0.5) is 0 Å². The van der Waals surface area contributed by atoms with Crippen LogP contribution in [0.2, 0.25) is 0 Å². The number of nitrogens with zero attached hydrogens (tertiary/aromatic N) is 4. The first-order chi connectivity index (χ1) is 11.7. The lowest BCUT2D eigenvalue weighted by Gasteiger charge is -2.35. The number of piperidine rings is 1. The van der Waals surface area contributed by atoms with Gasteiger partial charge in [0.2, 0.25) is 5.91 Å². The first-order valence-electron chi connectivity index (χ1n) is 8.81. The van der Waals surface area contributed by atoms with Crippen LogP contribution in [0.3, 0.4) is 0 Å². The Hall–Kier alpha value is -2.15. The monoisotopic (exact) mass is 329 g/mol. The van der Waals surface area contributed by atoms with Crippen molar-refractivity contribution in [3.05, 3.63) is 34.4 Å². The normalized spacial score (nSPS) is 22.3. The van der Waals surface area contributed by atoms with E-state index in [1.54, 1.807) is 18.3 Å². The zero-order valence-corrected chi connectivity index (χ0v) is 13.8. The molecule has 2 aromatic rings. The third-order valence-corrected chi connectivity index (χ3v) is 5.15. The molecule has 4 heterocycles. The van der Waals surface area contributed by atoms with Crippen molar-refractivity contribution in [1.29, 1.82) is 0 Å². The van der Waals surface area contributed by atoms with Gasteiger partial charge in [-0.15, -0.1) is 0 Å². The van der Waals surface area contributed by atoms with Crippen molar-refractivity contribution in [2.75, 3.05) is 26.2 Å². The van der Waals surface area contributed by atoms with Crippen LogP contribution >= 0.6 is 0 Å². The van der Waals surface area contributed by atoms with Gasteiger partial charge in [0, 0.05) is 31.4 Å². The first kappa shape index (κ1) is 15.4. The lowest BCUT2D eigenvalue weighted by Crippen LogP contribution is -2.43. The van der Waals surface area contributed by atoms with E-state index in [4.69, 9.17) is 0 Å². The number of H-pyrrole nitrogens is 1. The van der Waals surface area contributed by atoms with Crippen molar-refractivity contribution in [3.8, 4) is 0 Å². The Morgan fingerprint density at radius 3 is 2.83 bits per heavy atom. The highest BCUT2D eigenvalue weighted by Crippen LogP contribution is 2.29. The second-order valence-electron chi connectivity index (χ2n) is 6.75. The van der Waals surface area contributed by atoms with Crippen molar-refractivity contribution in [2.24, 2.45) is 0 Å². The molecular formula is C17H23N5O2. The SMILES string of the molecule is O=C(CN1CCCCC1c1cc(=O)n2[nH]ccc2n1)N1CCCC1. The van der Waals surface area contributed by atoms with Crippen molar-refractivity contribution >= 4 is 11.6 Å². The summed E-state index contributed by atoms with van der Waals surface area (Å²) in [6.45, 7) is 3.08. The minimum Gasteiger partial charge on any atom is -0.342 e. The minimum absolute atomic E-state index is 0.0536. The second-order valence-corrected chi connectivity index (χ2v) is 6.75. The Kier molecular flexibility index (Phi) is 4.10. The van der Waals surface area contributed by atoms with Crippen LogP contribution in [0.5, 0.6) is 0 Å². The molecule has 1 N–H and O–H groups in total. The maximum Gasteiger partial charge on any atom is 0.272 e. The molecule has 0 bridgehead atoms. The molecule has 128 valence electrons. The summed E-state index contributed by atoms with van der Waals surface area (Å²) in [5.74, 6) is 0.207. The molecule has 2 aromatic heterocycles. The zero-order chi connectivity index (χ0) is 16.5. The highest BCUT2D eigenvalue weighted by molar-refractivity contribution is 5.78. The molecule has 2 saturated heterocycles. The Bertz CT molecular complexity index is 790. The number of hydrogen-bond acceptors (Lipinski definition) is 4. The fourth-order valence-electron chi connectivity index (χ4n) is 3.87. The number of aromatic nitrogens is 3. The Balaban J connectivity index is 1.58. The lowest BCUT2D eigenvalue weighted by atomic mass is 9.99.